The van der Waals surface area contributed by atoms with E-state index in [1.807, 2.05) is 24.3 Å². The highest BCUT2D eigenvalue weighted by Gasteiger charge is 2.32. The molecule has 0 spiro atoms. The van der Waals surface area contributed by atoms with Gasteiger partial charge in [-0.2, -0.15) is 0 Å². The van der Waals surface area contributed by atoms with Gasteiger partial charge in [0.05, 0.1) is 5.92 Å². The molecule has 176 valence electrons. The number of nitrogens with zero attached hydrogens (tertiary/aromatic N) is 1. The fraction of sp³-hybridized carbons (Fsp3) is 0.321. The van der Waals surface area contributed by atoms with Crippen LogP contribution >= 0.6 is 0 Å². The van der Waals surface area contributed by atoms with E-state index in [2.05, 4.69) is 41.4 Å². The molecule has 0 saturated carbocycles. The molecule has 1 amide bonds. The topological polar surface area (TPSA) is 50.8 Å². The molecule has 0 radical (unpaired) electrons. The lowest BCUT2D eigenvalue weighted by atomic mass is 9.83. The Hall–Kier alpha value is -3.38. The summed E-state index contributed by atoms with van der Waals surface area (Å²) >= 11 is 0. The van der Waals surface area contributed by atoms with E-state index in [1.54, 1.807) is 12.1 Å². The summed E-state index contributed by atoms with van der Waals surface area (Å²) in [6, 6.07) is 21.0. The summed E-state index contributed by atoms with van der Waals surface area (Å²) in [6.45, 7) is 4.86. The van der Waals surface area contributed by atoms with E-state index < -0.39 is 0 Å². The van der Waals surface area contributed by atoms with Gasteiger partial charge in [0, 0.05) is 26.2 Å². The molecule has 1 saturated heterocycles. The number of nitrogens with one attached hydrogen (secondary N) is 1. The largest absolute Gasteiger partial charge is 0.454 e. The highest BCUT2D eigenvalue weighted by Crippen LogP contribution is 2.33. The highest BCUT2D eigenvalue weighted by atomic mass is 19.1. The fourth-order valence-corrected chi connectivity index (χ4v) is 4.95. The number of carbonyl (C=O) groups is 1. The molecule has 1 N–H and O–H groups in total. The van der Waals surface area contributed by atoms with Gasteiger partial charge in [-0.3, -0.25) is 9.69 Å². The number of carbonyl (C=O) groups excluding carboxylic acids is 1. The van der Waals surface area contributed by atoms with Gasteiger partial charge in [0.25, 0.3) is 0 Å². The number of piperidine rings is 1. The van der Waals surface area contributed by atoms with Crippen LogP contribution in [0.3, 0.4) is 0 Å². The molecule has 2 atom stereocenters. The maximum absolute atomic E-state index is 13.8. The normalized spacial score (nSPS) is 19.7. The molecule has 3 aromatic rings. The minimum Gasteiger partial charge on any atom is -0.454 e. The Labute approximate surface area is 199 Å². The number of ether oxygens (including phenoxy) is 2. The first-order chi connectivity index (χ1) is 16.5. The molecule has 3 aromatic carbocycles. The van der Waals surface area contributed by atoms with Crippen LogP contribution in [0, 0.1) is 18.7 Å². The minimum atomic E-state index is -0.234. The van der Waals surface area contributed by atoms with Crippen molar-refractivity contribution in [2.45, 2.75) is 32.4 Å². The Morgan fingerprint density at radius 1 is 1.00 bits per heavy atom. The molecule has 34 heavy (non-hydrogen) atoms. The lowest BCUT2D eigenvalue weighted by Gasteiger charge is -2.37. The second kappa shape index (κ2) is 9.85. The number of benzene rings is 3. The van der Waals surface area contributed by atoms with Crippen LogP contribution in [-0.2, 0) is 17.9 Å². The lowest BCUT2D eigenvalue weighted by Crippen LogP contribution is -2.45. The Balaban J connectivity index is 1.30. The highest BCUT2D eigenvalue weighted by molar-refractivity contribution is 5.79. The third-order valence-electron chi connectivity index (χ3n) is 6.61. The first-order valence-corrected chi connectivity index (χ1v) is 11.7. The van der Waals surface area contributed by atoms with Crippen LogP contribution in [0.1, 0.15) is 34.6 Å². The summed E-state index contributed by atoms with van der Waals surface area (Å²) in [5, 5.41) is 3.11. The number of fused-ring (bicyclic) bond motifs is 1. The van der Waals surface area contributed by atoms with E-state index in [4.69, 9.17) is 9.47 Å². The molecular weight excluding hydrogens is 431 g/mol. The van der Waals surface area contributed by atoms with Crippen molar-refractivity contribution >= 4 is 5.91 Å². The minimum absolute atomic E-state index is 0.0410. The number of hydrogen-bond donors (Lipinski definition) is 1. The van der Waals surface area contributed by atoms with Gasteiger partial charge in [0.2, 0.25) is 12.7 Å². The molecule has 5 rings (SSSR count). The lowest BCUT2D eigenvalue weighted by molar-refractivity contribution is -0.127. The predicted molar refractivity (Wildman–Crippen MR) is 128 cm³/mol. The molecule has 5 nitrogen and oxygen atoms in total. The molecule has 6 heteroatoms. The van der Waals surface area contributed by atoms with Crippen LogP contribution in [0.2, 0.25) is 0 Å². The SMILES string of the molecule is Cc1cccc(C2CC(C(=O)NCc3ccc4c(c3)OCO4)CN(Cc3cccc(F)c3)C2)c1. The van der Waals surface area contributed by atoms with E-state index in [1.165, 1.54) is 17.2 Å². The Morgan fingerprint density at radius 2 is 1.85 bits per heavy atom. The smallest absolute Gasteiger partial charge is 0.231 e. The van der Waals surface area contributed by atoms with Crippen molar-refractivity contribution in [3.63, 3.8) is 0 Å². The number of amides is 1. The number of halogens is 1. The van der Waals surface area contributed by atoms with Gasteiger partial charge < -0.3 is 14.8 Å². The Kier molecular flexibility index (Phi) is 6.50. The average Bonchev–Trinajstić information content (AvgIpc) is 3.30. The Morgan fingerprint density at radius 3 is 2.71 bits per heavy atom. The molecule has 2 aliphatic heterocycles. The monoisotopic (exact) mass is 460 g/mol. The first kappa shape index (κ1) is 22.4. The van der Waals surface area contributed by atoms with Gasteiger partial charge in [-0.1, -0.05) is 48.0 Å². The van der Waals surface area contributed by atoms with Crippen molar-refractivity contribution in [3.05, 3.63) is 94.8 Å². The van der Waals surface area contributed by atoms with Crippen LogP contribution in [-0.4, -0.2) is 30.7 Å². The maximum atomic E-state index is 13.8. The van der Waals surface area contributed by atoms with Gasteiger partial charge >= 0.3 is 0 Å². The van der Waals surface area contributed by atoms with Crippen molar-refractivity contribution in [1.29, 1.82) is 0 Å². The molecule has 1 fully saturated rings. The molecule has 0 aliphatic carbocycles. The predicted octanol–water partition coefficient (Wildman–Crippen LogP) is 4.78. The summed E-state index contributed by atoms with van der Waals surface area (Å²) in [6.07, 6.45) is 0.788. The van der Waals surface area contributed by atoms with Gasteiger partial charge in [-0.15, -0.1) is 0 Å². The van der Waals surface area contributed by atoms with Gasteiger partial charge in [0.1, 0.15) is 5.82 Å². The quantitative estimate of drug-likeness (QED) is 0.575. The van der Waals surface area contributed by atoms with Crippen molar-refractivity contribution in [1.82, 2.24) is 10.2 Å². The van der Waals surface area contributed by atoms with E-state index in [0.717, 1.165) is 29.8 Å². The van der Waals surface area contributed by atoms with E-state index in [9.17, 15) is 9.18 Å². The summed E-state index contributed by atoms with van der Waals surface area (Å²) < 4.78 is 24.6. The van der Waals surface area contributed by atoms with Crippen LogP contribution in [0.4, 0.5) is 4.39 Å². The van der Waals surface area contributed by atoms with Gasteiger partial charge in [0.15, 0.2) is 11.5 Å². The standard InChI is InChI=1S/C28H29FN2O3/c1-19-4-2-6-22(10-19)23-13-24(17-31(16-23)15-21-5-3-7-25(29)11-21)28(32)30-14-20-8-9-26-27(12-20)34-18-33-26/h2-12,23-24H,13-18H2,1H3,(H,30,32). The van der Waals surface area contributed by atoms with E-state index >= 15 is 0 Å². The summed E-state index contributed by atoms with van der Waals surface area (Å²) in [7, 11) is 0. The number of likely N-dealkylation sites (tertiary alicyclic amines) is 1. The third kappa shape index (κ3) is 5.23. The fourth-order valence-electron chi connectivity index (χ4n) is 4.95. The van der Waals surface area contributed by atoms with Crippen LogP contribution in [0.5, 0.6) is 11.5 Å². The zero-order chi connectivity index (χ0) is 23.5. The average molecular weight is 461 g/mol. The number of aryl methyl sites for hydroxylation is 1. The summed E-state index contributed by atoms with van der Waals surface area (Å²) in [5.74, 6) is 1.34. The third-order valence-corrected chi connectivity index (χ3v) is 6.61. The molecular formula is C28H29FN2O3. The Bertz CT molecular complexity index is 1180. The molecule has 2 heterocycles. The number of hydrogen-bond acceptors (Lipinski definition) is 4. The van der Waals surface area contributed by atoms with Gasteiger partial charge in [-0.25, -0.2) is 4.39 Å². The van der Waals surface area contributed by atoms with Crippen LogP contribution in [0.15, 0.2) is 66.7 Å². The summed E-state index contributed by atoms with van der Waals surface area (Å²) in [4.78, 5) is 15.5. The zero-order valence-corrected chi connectivity index (χ0v) is 19.3. The molecule has 2 aliphatic rings. The second-order valence-electron chi connectivity index (χ2n) is 9.27. The van der Waals surface area contributed by atoms with Crippen molar-refractivity contribution in [3.8, 4) is 11.5 Å². The molecule has 0 bridgehead atoms. The van der Waals surface area contributed by atoms with Crippen LogP contribution < -0.4 is 14.8 Å². The molecule has 0 aromatic heterocycles. The second-order valence-corrected chi connectivity index (χ2v) is 9.27. The molecule has 2 unspecified atom stereocenters. The van der Waals surface area contributed by atoms with Crippen molar-refractivity contribution < 1.29 is 18.7 Å². The zero-order valence-electron chi connectivity index (χ0n) is 19.3. The first-order valence-electron chi connectivity index (χ1n) is 11.7. The van der Waals surface area contributed by atoms with Crippen molar-refractivity contribution in [2.24, 2.45) is 5.92 Å². The van der Waals surface area contributed by atoms with Crippen LogP contribution in [0.25, 0.3) is 0 Å². The van der Waals surface area contributed by atoms with Gasteiger partial charge in [-0.05, 0) is 60.2 Å². The number of rotatable bonds is 6. The van der Waals surface area contributed by atoms with E-state index in [-0.39, 0.29) is 30.4 Å². The van der Waals surface area contributed by atoms with E-state index in [0.29, 0.717) is 25.4 Å². The summed E-state index contributed by atoms with van der Waals surface area (Å²) in [5.41, 5.74) is 4.35. The maximum Gasteiger partial charge on any atom is 0.231 e. The van der Waals surface area contributed by atoms with Crippen molar-refractivity contribution in [2.75, 3.05) is 19.9 Å².